The fraction of sp³-hybridized carbons (Fsp3) is 0.357. The van der Waals surface area contributed by atoms with Crippen molar-refractivity contribution < 1.29 is 4.74 Å². The van der Waals surface area contributed by atoms with Crippen LogP contribution in [0.25, 0.3) is 0 Å². The van der Waals surface area contributed by atoms with Gasteiger partial charge < -0.3 is 10.1 Å². The lowest BCUT2D eigenvalue weighted by atomic mass is 10.0. The molecule has 0 saturated carbocycles. The summed E-state index contributed by atoms with van der Waals surface area (Å²) < 4.78 is 5.19. The minimum Gasteiger partial charge on any atom is -0.497 e. The Morgan fingerprint density at radius 3 is 2.67 bits per heavy atom. The zero-order valence-corrected chi connectivity index (χ0v) is 11.5. The van der Waals surface area contributed by atoms with Gasteiger partial charge in [-0.2, -0.15) is 0 Å². The third-order valence-corrected chi connectivity index (χ3v) is 3.66. The first-order valence-corrected chi connectivity index (χ1v) is 6.96. The van der Waals surface area contributed by atoms with Gasteiger partial charge in [0.15, 0.2) is 0 Å². The Morgan fingerprint density at radius 1 is 1.33 bits per heavy atom. The molecular weight excluding hydrogens is 244 g/mol. The van der Waals surface area contributed by atoms with Crippen LogP contribution in [0.5, 0.6) is 5.75 Å². The minimum absolute atomic E-state index is 0.335. The number of aromatic nitrogens is 1. The molecule has 18 heavy (non-hydrogen) atoms. The van der Waals surface area contributed by atoms with E-state index in [1.54, 1.807) is 18.4 Å². The van der Waals surface area contributed by atoms with Gasteiger partial charge in [-0.25, -0.2) is 0 Å². The Labute approximate surface area is 112 Å². The number of hydrogen-bond donors (Lipinski definition) is 1. The van der Waals surface area contributed by atoms with Gasteiger partial charge in [-0.3, -0.25) is 4.98 Å². The zero-order chi connectivity index (χ0) is 12.8. The maximum Gasteiger partial charge on any atom is 0.118 e. The number of hydrogen-bond acceptors (Lipinski definition) is 4. The average molecular weight is 262 g/mol. The molecule has 3 nitrogen and oxygen atoms in total. The van der Waals surface area contributed by atoms with Gasteiger partial charge in [0.25, 0.3) is 0 Å². The Kier molecular flexibility index (Phi) is 4.73. The molecule has 0 aliphatic carbocycles. The molecule has 0 aliphatic heterocycles. The monoisotopic (exact) mass is 262 g/mol. The summed E-state index contributed by atoms with van der Waals surface area (Å²) in [5, 5.41) is 3.51. The first kappa shape index (κ1) is 13.1. The van der Waals surface area contributed by atoms with Crippen molar-refractivity contribution in [1.82, 2.24) is 10.3 Å². The Morgan fingerprint density at radius 2 is 2.11 bits per heavy atom. The van der Waals surface area contributed by atoms with E-state index in [1.165, 1.54) is 10.4 Å². The maximum absolute atomic E-state index is 5.19. The lowest BCUT2D eigenvalue weighted by molar-refractivity contribution is 0.414. The molecule has 0 spiro atoms. The first-order valence-electron chi connectivity index (χ1n) is 6.08. The molecular formula is C14H18N2OS. The van der Waals surface area contributed by atoms with E-state index < -0.39 is 0 Å². The van der Waals surface area contributed by atoms with Gasteiger partial charge in [0.05, 0.1) is 12.6 Å². The molecule has 1 aromatic carbocycles. The number of nitrogens with zero attached hydrogens (tertiary/aromatic N) is 1. The molecule has 1 heterocycles. The molecule has 1 atom stereocenters. The number of methoxy groups -OCH3 is 1. The minimum atomic E-state index is 0.335. The van der Waals surface area contributed by atoms with Crippen molar-refractivity contribution in [2.75, 3.05) is 13.7 Å². The molecule has 4 heteroatoms. The van der Waals surface area contributed by atoms with E-state index in [2.05, 4.69) is 29.4 Å². The average Bonchev–Trinajstić information content (AvgIpc) is 2.91. The van der Waals surface area contributed by atoms with Gasteiger partial charge in [-0.1, -0.05) is 19.1 Å². The van der Waals surface area contributed by atoms with Crippen molar-refractivity contribution in [3.05, 3.63) is 46.4 Å². The Balaban J connectivity index is 2.12. The summed E-state index contributed by atoms with van der Waals surface area (Å²) >= 11 is 1.70. The van der Waals surface area contributed by atoms with Crippen LogP contribution >= 0.6 is 11.3 Å². The van der Waals surface area contributed by atoms with E-state index in [9.17, 15) is 0 Å². The highest BCUT2D eigenvalue weighted by Crippen LogP contribution is 2.22. The van der Waals surface area contributed by atoms with Gasteiger partial charge in [-0.15, -0.1) is 11.3 Å². The molecule has 0 radical (unpaired) electrons. The summed E-state index contributed by atoms with van der Waals surface area (Å²) in [7, 11) is 1.69. The van der Waals surface area contributed by atoms with Crippen LogP contribution in [-0.2, 0) is 6.42 Å². The van der Waals surface area contributed by atoms with Crippen LogP contribution in [0.1, 0.15) is 23.4 Å². The molecule has 0 amide bonds. The third-order valence-electron chi connectivity index (χ3n) is 2.86. The van der Waals surface area contributed by atoms with Crippen LogP contribution in [0.15, 0.2) is 36.0 Å². The van der Waals surface area contributed by atoms with Crippen LogP contribution in [0.2, 0.25) is 0 Å². The van der Waals surface area contributed by atoms with Gasteiger partial charge in [0, 0.05) is 23.5 Å². The number of ether oxygens (including phenoxy) is 1. The topological polar surface area (TPSA) is 34.2 Å². The van der Waals surface area contributed by atoms with Crippen LogP contribution in [0.4, 0.5) is 0 Å². The third kappa shape index (κ3) is 3.31. The number of thiazole rings is 1. The van der Waals surface area contributed by atoms with Gasteiger partial charge in [-0.05, 0) is 24.2 Å². The molecule has 96 valence electrons. The fourth-order valence-corrected chi connectivity index (χ4v) is 2.58. The number of benzene rings is 1. The SMILES string of the molecule is CCNC(Cc1cncs1)c1ccc(OC)cc1. The summed E-state index contributed by atoms with van der Waals surface area (Å²) in [4.78, 5) is 5.43. The predicted molar refractivity (Wildman–Crippen MR) is 75.2 cm³/mol. The standard InChI is InChI=1S/C14H18N2OS/c1-3-16-14(8-13-9-15-10-18-13)11-4-6-12(17-2)7-5-11/h4-7,9-10,14,16H,3,8H2,1-2H3. The number of nitrogens with one attached hydrogen (secondary N) is 1. The quantitative estimate of drug-likeness (QED) is 0.869. The molecule has 0 saturated heterocycles. The molecule has 0 fully saturated rings. The Hall–Kier alpha value is -1.39. The van der Waals surface area contributed by atoms with Crippen molar-refractivity contribution in [2.45, 2.75) is 19.4 Å². The van der Waals surface area contributed by atoms with Gasteiger partial charge in [0.2, 0.25) is 0 Å². The highest BCUT2D eigenvalue weighted by Gasteiger charge is 2.12. The van der Waals surface area contributed by atoms with E-state index in [4.69, 9.17) is 4.74 Å². The van der Waals surface area contributed by atoms with Gasteiger partial charge >= 0.3 is 0 Å². The molecule has 1 unspecified atom stereocenters. The molecule has 2 aromatic rings. The molecule has 2 rings (SSSR count). The molecule has 0 bridgehead atoms. The second-order valence-electron chi connectivity index (χ2n) is 4.06. The van der Waals surface area contributed by atoms with E-state index in [1.807, 2.05) is 23.8 Å². The zero-order valence-electron chi connectivity index (χ0n) is 10.7. The second-order valence-corrected chi connectivity index (χ2v) is 5.03. The van der Waals surface area contributed by atoms with Crippen LogP contribution in [-0.4, -0.2) is 18.6 Å². The highest BCUT2D eigenvalue weighted by molar-refractivity contribution is 7.09. The van der Waals surface area contributed by atoms with Crippen LogP contribution in [0.3, 0.4) is 0 Å². The summed E-state index contributed by atoms with van der Waals surface area (Å²) in [5.74, 6) is 0.895. The van der Waals surface area contributed by atoms with E-state index in [0.29, 0.717) is 6.04 Å². The molecule has 1 aromatic heterocycles. The summed E-state index contributed by atoms with van der Waals surface area (Å²) in [6.07, 6.45) is 2.92. The van der Waals surface area contributed by atoms with Crippen molar-refractivity contribution in [1.29, 1.82) is 0 Å². The van der Waals surface area contributed by atoms with Crippen molar-refractivity contribution in [2.24, 2.45) is 0 Å². The van der Waals surface area contributed by atoms with E-state index in [0.717, 1.165) is 18.7 Å². The summed E-state index contributed by atoms with van der Waals surface area (Å²) in [6, 6.07) is 8.58. The van der Waals surface area contributed by atoms with Crippen molar-refractivity contribution in [3.63, 3.8) is 0 Å². The summed E-state index contributed by atoms with van der Waals surface area (Å²) in [6.45, 7) is 3.08. The largest absolute Gasteiger partial charge is 0.497 e. The highest BCUT2D eigenvalue weighted by atomic mass is 32.1. The number of likely N-dealkylation sites (N-methyl/N-ethyl adjacent to an activating group) is 1. The van der Waals surface area contributed by atoms with Crippen LogP contribution < -0.4 is 10.1 Å². The normalized spacial score (nSPS) is 12.3. The van der Waals surface area contributed by atoms with Crippen LogP contribution in [0, 0.1) is 0 Å². The Bertz CT molecular complexity index is 453. The lowest BCUT2D eigenvalue weighted by Crippen LogP contribution is -2.22. The first-order chi connectivity index (χ1) is 8.83. The summed E-state index contributed by atoms with van der Waals surface area (Å²) in [5.41, 5.74) is 3.16. The smallest absolute Gasteiger partial charge is 0.118 e. The predicted octanol–water partition coefficient (Wildman–Crippen LogP) is 3.05. The van der Waals surface area contributed by atoms with Gasteiger partial charge in [0.1, 0.15) is 5.75 Å². The second kappa shape index (κ2) is 6.52. The number of rotatable bonds is 6. The van der Waals surface area contributed by atoms with Crippen molar-refractivity contribution >= 4 is 11.3 Å². The molecule has 0 aliphatic rings. The fourth-order valence-electron chi connectivity index (χ4n) is 1.93. The van der Waals surface area contributed by atoms with E-state index in [-0.39, 0.29) is 0 Å². The maximum atomic E-state index is 5.19. The van der Waals surface area contributed by atoms with E-state index >= 15 is 0 Å². The lowest BCUT2D eigenvalue weighted by Gasteiger charge is -2.17. The van der Waals surface area contributed by atoms with Crippen molar-refractivity contribution in [3.8, 4) is 5.75 Å². The molecule has 1 N–H and O–H groups in total.